The van der Waals surface area contributed by atoms with Gasteiger partial charge >= 0.3 is 5.97 Å². The summed E-state index contributed by atoms with van der Waals surface area (Å²) in [5.74, 6) is 0.185. The van der Waals surface area contributed by atoms with Crippen molar-refractivity contribution in [2.75, 3.05) is 0 Å². The average Bonchev–Trinajstić information content (AvgIpc) is 2.86. The molecule has 1 N–H and O–H groups in total. The second-order valence-corrected chi connectivity index (χ2v) is 6.55. The van der Waals surface area contributed by atoms with E-state index >= 15 is 0 Å². The van der Waals surface area contributed by atoms with Crippen molar-refractivity contribution in [1.82, 2.24) is 0 Å². The van der Waals surface area contributed by atoms with E-state index < -0.39 is 5.97 Å². The van der Waals surface area contributed by atoms with Crippen molar-refractivity contribution >= 4 is 11.8 Å². The number of ketones is 1. The second kappa shape index (κ2) is 12.1. The summed E-state index contributed by atoms with van der Waals surface area (Å²) >= 11 is 0. The van der Waals surface area contributed by atoms with Crippen LogP contribution in [-0.2, 0) is 9.59 Å². The van der Waals surface area contributed by atoms with Crippen molar-refractivity contribution in [3.8, 4) is 0 Å². The quantitative estimate of drug-likeness (QED) is 0.391. The van der Waals surface area contributed by atoms with Crippen LogP contribution in [0.3, 0.4) is 0 Å². The van der Waals surface area contributed by atoms with Crippen LogP contribution in [0.25, 0.3) is 0 Å². The molecule has 23 heavy (non-hydrogen) atoms. The molecule has 1 aliphatic rings. The van der Waals surface area contributed by atoms with Crippen LogP contribution in [0.4, 0.5) is 0 Å². The molecule has 1 aliphatic carbocycles. The number of carboxylic acid groups (broad SMARTS) is 1. The molecule has 2 atom stereocenters. The first-order valence-corrected chi connectivity index (χ1v) is 9.21. The molecule has 0 aromatic heterocycles. The molecule has 0 saturated heterocycles. The molecular weight excluding hydrogens is 288 g/mol. The topological polar surface area (TPSA) is 54.4 Å². The zero-order chi connectivity index (χ0) is 16.9. The van der Waals surface area contributed by atoms with Crippen LogP contribution in [0.5, 0.6) is 0 Å². The van der Waals surface area contributed by atoms with Gasteiger partial charge in [-0.25, -0.2) is 0 Å². The Hall–Kier alpha value is -1.38. The van der Waals surface area contributed by atoms with Crippen molar-refractivity contribution in [1.29, 1.82) is 0 Å². The van der Waals surface area contributed by atoms with Crippen LogP contribution in [0.2, 0.25) is 0 Å². The minimum absolute atomic E-state index is 0.137. The van der Waals surface area contributed by atoms with E-state index in [1.54, 1.807) is 0 Å². The molecular formula is C20H32O3. The van der Waals surface area contributed by atoms with Crippen LogP contribution in [0.15, 0.2) is 24.3 Å². The number of carbonyl (C=O) groups excluding carboxylic acids is 1. The molecule has 0 aliphatic heterocycles. The zero-order valence-electron chi connectivity index (χ0n) is 14.5. The molecule has 1 rings (SSSR count). The Morgan fingerprint density at radius 2 is 1.91 bits per heavy atom. The monoisotopic (exact) mass is 320 g/mol. The first-order valence-electron chi connectivity index (χ1n) is 9.21. The van der Waals surface area contributed by atoms with Gasteiger partial charge in [0.1, 0.15) is 5.78 Å². The summed E-state index contributed by atoms with van der Waals surface area (Å²) in [4.78, 5) is 22.5. The van der Waals surface area contributed by atoms with Gasteiger partial charge in [-0.1, -0.05) is 50.5 Å². The van der Waals surface area contributed by atoms with Gasteiger partial charge in [-0.05, 0) is 44.4 Å². The molecule has 0 aromatic carbocycles. The molecule has 1 fully saturated rings. The Labute approximate surface area is 140 Å². The van der Waals surface area contributed by atoms with Gasteiger partial charge in [0.15, 0.2) is 0 Å². The van der Waals surface area contributed by atoms with Gasteiger partial charge < -0.3 is 5.11 Å². The van der Waals surface area contributed by atoms with E-state index in [1.807, 2.05) is 6.08 Å². The highest BCUT2D eigenvalue weighted by molar-refractivity contribution is 5.83. The number of unbranched alkanes of at least 4 members (excludes halogenated alkanes) is 5. The van der Waals surface area contributed by atoms with Crippen LogP contribution in [0.1, 0.15) is 77.6 Å². The zero-order valence-corrected chi connectivity index (χ0v) is 14.5. The van der Waals surface area contributed by atoms with Crippen LogP contribution in [-0.4, -0.2) is 16.9 Å². The van der Waals surface area contributed by atoms with E-state index in [-0.39, 0.29) is 12.3 Å². The fraction of sp³-hybridized carbons (Fsp3) is 0.700. The largest absolute Gasteiger partial charge is 0.481 e. The maximum Gasteiger partial charge on any atom is 0.303 e. The van der Waals surface area contributed by atoms with Gasteiger partial charge in [0, 0.05) is 18.8 Å². The average molecular weight is 320 g/mol. The van der Waals surface area contributed by atoms with Gasteiger partial charge in [0.2, 0.25) is 0 Å². The molecule has 130 valence electrons. The molecule has 0 amide bonds. The van der Waals surface area contributed by atoms with Gasteiger partial charge in [0.05, 0.1) is 0 Å². The van der Waals surface area contributed by atoms with E-state index in [4.69, 9.17) is 5.11 Å². The van der Waals surface area contributed by atoms with E-state index in [0.717, 1.165) is 25.7 Å². The third-order valence-corrected chi connectivity index (χ3v) is 4.58. The first kappa shape index (κ1) is 19.7. The van der Waals surface area contributed by atoms with Crippen molar-refractivity contribution in [3.63, 3.8) is 0 Å². The molecule has 0 unspecified atom stereocenters. The fourth-order valence-electron chi connectivity index (χ4n) is 3.16. The third-order valence-electron chi connectivity index (χ3n) is 4.58. The standard InChI is InChI=1S/C20H32O3/c1-2-3-4-5-6-9-12-17-15-16-19(21)18(17)13-10-7-8-11-14-20(22)23/h7,9-10,12,17-18H,2-6,8,11,13-16H2,1H3,(H,22,23)/b10-7-,12-9+/t17-,18+/m0/s1. The van der Waals surface area contributed by atoms with Crippen molar-refractivity contribution < 1.29 is 14.7 Å². The number of carbonyl (C=O) groups is 2. The Morgan fingerprint density at radius 1 is 1.13 bits per heavy atom. The molecule has 0 radical (unpaired) electrons. The number of Topliss-reactive ketones (excluding diaryl/α,β-unsaturated/α-hetero) is 1. The second-order valence-electron chi connectivity index (χ2n) is 6.55. The van der Waals surface area contributed by atoms with E-state index in [0.29, 0.717) is 24.5 Å². The van der Waals surface area contributed by atoms with E-state index in [9.17, 15) is 9.59 Å². The molecule has 0 heterocycles. The number of aliphatic carboxylic acids is 1. The van der Waals surface area contributed by atoms with Crippen LogP contribution < -0.4 is 0 Å². The molecule has 0 aromatic rings. The van der Waals surface area contributed by atoms with Crippen molar-refractivity contribution in [2.24, 2.45) is 11.8 Å². The lowest BCUT2D eigenvalue weighted by atomic mass is 9.91. The lowest BCUT2D eigenvalue weighted by Gasteiger charge is -2.12. The maximum atomic E-state index is 12.0. The fourth-order valence-corrected chi connectivity index (χ4v) is 3.16. The van der Waals surface area contributed by atoms with Gasteiger partial charge in [-0.15, -0.1) is 0 Å². The Kier molecular flexibility index (Phi) is 10.3. The molecule has 3 nitrogen and oxygen atoms in total. The van der Waals surface area contributed by atoms with E-state index in [2.05, 4.69) is 25.2 Å². The first-order chi connectivity index (χ1) is 11.1. The van der Waals surface area contributed by atoms with Crippen LogP contribution in [0, 0.1) is 11.8 Å². The van der Waals surface area contributed by atoms with Gasteiger partial charge in [-0.3, -0.25) is 9.59 Å². The smallest absolute Gasteiger partial charge is 0.303 e. The summed E-state index contributed by atoms with van der Waals surface area (Å²) in [5, 5.41) is 8.59. The highest BCUT2D eigenvalue weighted by Gasteiger charge is 2.31. The SMILES string of the molecule is CCCCCC/C=C/[C@H]1CCC(=O)[C@@H]1C/C=C\CCCC(=O)O. The summed E-state index contributed by atoms with van der Waals surface area (Å²) in [5.41, 5.74) is 0. The highest BCUT2D eigenvalue weighted by Crippen LogP contribution is 2.32. The normalized spacial score (nSPS) is 21.7. The maximum absolute atomic E-state index is 12.0. The third kappa shape index (κ3) is 8.73. The number of allylic oxidation sites excluding steroid dienone is 4. The summed E-state index contributed by atoms with van der Waals surface area (Å²) < 4.78 is 0. The van der Waals surface area contributed by atoms with Crippen molar-refractivity contribution in [2.45, 2.75) is 77.6 Å². The minimum atomic E-state index is -0.742. The molecule has 0 spiro atoms. The molecule has 0 bridgehead atoms. The Balaban J connectivity index is 2.27. The predicted molar refractivity (Wildman–Crippen MR) is 94.4 cm³/mol. The lowest BCUT2D eigenvalue weighted by Crippen LogP contribution is -2.12. The summed E-state index contributed by atoms with van der Waals surface area (Å²) in [6.07, 6.45) is 19.1. The summed E-state index contributed by atoms with van der Waals surface area (Å²) in [7, 11) is 0. The predicted octanol–water partition coefficient (Wildman–Crippen LogP) is 5.31. The Morgan fingerprint density at radius 3 is 2.65 bits per heavy atom. The molecule has 3 heteroatoms. The van der Waals surface area contributed by atoms with Crippen molar-refractivity contribution in [3.05, 3.63) is 24.3 Å². The Bertz CT molecular complexity index is 409. The van der Waals surface area contributed by atoms with Gasteiger partial charge in [0.25, 0.3) is 0 Å². The summed E-state index contributed by atoms with van der Waals surface area (Å²) in [6.45, 7) is 2.22. The van der Waals surface area contributed by atoms with E-state index in [1.165, 1.54) is 25.7 Å². The number of hydrogen-bond donors (Lipinski definition) is 1. The molecule has 1 saturated carbocycles. The number of hydrogen-bond acceptors (Lipinski definition) is 2. The van der Waals surface area contributed by atoms with Gasteiger partial charge in [-0.2, -0.15) is 0 Å². The number of carboxylic acids is 1. The number of rotatable bonds is 12. The lowest BCUT2D eigenvalue weighted by molar-refractivity contribution is -0.137. The highest BCUT2D eigenvalue weighted by atomic mass is 16.4. The van der Waals surface area contributed by atoms with Crippen LogP contribution >= 0.6 is 0 Å². The minimum Gasteiger partial charge on any atom is -0.481 e. The summed E-state index contributed by atoms with van der Waals surface area (Å²) in [6, 6.07) is 0.